The van der Waals surface area contributed by atoms with Crippen molar-refractivity contribution in [2.75, 3.05) is 18.1 Å². The first kappa shape index (κ1) is 11.4. The molecule has 2 heterocycles. The van der Waals surface area contributed by atoms with Crippen LogP contribution >= 0.6 is 22.9 Å². The Morgan fingerprint density at radius 2 is 2.22 bits per heavy atom. The maximum Gasteiger partial charge on any atom is 0.289 e. The summed E-state index contributed by atoms with van der Waals surface area (Å²) >= 11 is 6.77. The van der Waals surface area contributed by atoms with Gasteiger partial charge in [0.2, 0.25) is 9.47 Å². The van der Waals surface area contributed by atoms with Gasteiger partial charge in [0.15, 0.2) is 0 Å². The molecule has 5 nitrogen and oxygen atoms in total. The number of amides is 1. The number of fused-ring (bicyclic) bond motifs is 1. The predicted molar refractivity (Wildman–Crippen MR) is 68.5 cm³/mol. The molecule has 0 N–H and O–H groups in total. The van der Waals surface area contributed by atoms with E-state index >= 15 is 0 Å². The number of hydrogen-bond acceptors (Lipinski definition) is 5. The zero-order valence-corrected chi connectivity index (χ0v) is 10.7. The zero-order chi connectivity index (χ0) is 12.5. The van der Waals surface area contributed by atoms with E-state index in [1.165, 1.54) is 0 Å². The molecule has 92 valence electrons. The lowest BCUT2D eigenvalue weighted by molar-refractivity contribution is 0.0975. The molecule has 0 bridgehead atoms. The highest BCUT2D eigenvalue weighted by Crippen LogP contribution is 2.32. The van der Waals surface area contributed by atoms with E-state index in [0.29, 0.717) is 18.9 Å². The van der Waals surface area contributed by atoms with Gasteiger partial charge in [0.1, 0.15) is 12.4 Å². The number of carbonyl (C=O) groups is 1. The second-order valence-electron chi connectivity index (χ2n) is 3.63. The maximum absolute atomic E-state index is 12.3. The van der Waals surface area contributed by atoms with Gasteiger partial charge in [-0.25, -0.2) is 0 Å². The van der Waals surface area contributed by atoms with E-state index in [4.69, 9.17) is 16.3 Å². The smallest absolute Gasteiger partial charge is 0.289 e. The van der Waals surface area contributed by atoms with Gasteiger partial charge in [-0.15, -0.1) is 10.2 Å². The Balaban J connectivity index is 1.96. The van der Waals surface area contributed by atoms with Crippen molar-refractivity contribution in [3.8, 4) is 5.75 Å². The molecule has 18 heavy (non-hydrogen) atoms. The quantitative estimate of drug-likeness (QED) is 0.804. The van der Waals surface area contributed by atoms with Gasteiger partial charge >= 0.3 is 0 Å². The molecule has 1 amide bonds. The maximum atomic E-state index is 12.3. The molecule has 0 saturated carbocycles. The number of para-hydroxylation sites is 2. The van der Waals surface area contributed by atoms with Gasteiger partial charge in [-0.2, -0.15) is 0 Å². The molecule has 1 aromatic carbocycles. The Hall–Kier alpha value is -1.66. The van der Waals surface area contributed by atoms with Gasteiger partial charge in [-0.3, -0.25) is 9.69 Å². The van der Waals surface area contributed by atoms with E-state index in [0.717, 1.165) is 17.0 Å². The lowest BCUT2D eigenvalue weighted by Crippen LogP contribution is -2.37. The predicted octanol–water partition coefficient (Wildman–Crippen LogP) is 2.23. The number of aromatic nitrogens is 2. The third-order valence-corrected chi connectivity index (χ3v) is 3.56. The Morgan fingerprint density at radius 3 is 3.00 bits per heavy atom. The molecule has 1 aliphatic heterocycles. The number of rotatable bonds is 1. The van der Waals surface area contributed by atoms with Gasteiger partial charge in [-0.05, 0) is 23.7 Å². The molecule has 2 aromatic rings. The Labute approximate surface area is 112 Å². The van der Waals surface area contributed by atoms with Crippen LogP contribution in [0.2, 0.25) is 4.47 Å². The molecule has 3 rings (SSSR count). The fourth-order valence-corrected chi connectivity index (χ4v) is 2.57. The minimum absolute atomic E-state index is 0.199. The summed E-state index contributed by atoms with van der Waals surface area (Å²) in [7, 11) is 0. The van der Waals surface area contributed by atoms with Crippen LogP contribution in [0.4, 0.5) is 5.69 Å². The number of halogens is 1. The summed E-state index contributed by atoms with van der Waals surface area (Å²) < 4.78 is 5.76. The second-order valence-corrected chi connectivity index (χ2v) is 5.19. The number of carbonyl (C=O) groups excluding carboxylic acids is 1. The molecule has 0 fully saturated rings. The van der Waals surface area contributed by atoms with E-state index < -0.39 is 0 Å². The fraction of sp³-hybridized carbons (Fsp3) is 0.182. The first-order valence-electron chi connectivity index (χ1n) is 5.28. The van der Waals surface area contributed by atoms with Crippen LogP contribution in [0.25, 0.3) is 0 Å². The van der Waals surface area contributed by atoms with Crippen molar-refractivity contribution in [2.45, 2.75) is 0 Å². The molecule has 0 spiro atoms. The molecule has 0 radical (unpaired) electrons. The molecule has 1 aromatic heterocycles. The van der Waals surface area contributed by atoms with E-state index in [1.54, 1.807) is 4.90 Å². The van der Waals surface area contributed by atoms with Gasteiger partial charge < -0.3 is 4.74 Å². The van der Waals surface area contributed by atoms with E-state index in [9.17, 15) is 4.79 Å². The third kappa shape index (κ3) is 1.93. The number of hydrogen-bond donors (Lipinski definition) is 0. The summed E-state index contributed by atoms with van der Waals surface area (Å²) in [6, 6.07) is 7.41. The monoisotopic (exact) mass is 281 g/mol. The van der Waals surface area contributed by atoms with Crippen LogP contribution in [-0.4, -0.2) is 29.3 Å². The van der Waals surface area contributed by atoms with Crippen LogP contribution in [-0.2, 0) is 0 Å². The molecule has 0 unspecified atom stereocenters. The molecule has 0 atom stereocenters. The SMILES string of the molecule is O=C(c1nnc(Cl)s1)N1CCOc2ccccc21. The van der Waals surface area contributed by atoms with Crippen LogP contribution in [0, 0.1) is 0 Å². The zero-order valence-electron chi connectivity index (χ0n) is 9.17. The van der Waals surface area contributed by atoms with Crippen molar-refractivity contribution in [2.24, 2.45) is 0 Å². The van der Waals surface area contributed by atoms with Crippen molar-refractivity contribution in [3.05, 3.63) is 33.7 Å². The van der Waals surface area contributed by atoms with Crippen molar-refractivity contribution in [1.29, 1.82) is 0 Å². The lowest BCUT2D eigenvalue weighted by Gasteiger charge is -2.28. The van der Waals surface area contributed by atoms with Crippen LogP contribution in [0.5, 0.6) is 5.75 Å². The molecular weight excluding hydrogens is 274 g/mol. The van der Waals surface area contributed by atoms with Gasteiger partial charge in [0, 0.05) is 0 Å². The summed E-state index contributed by atoms with van der Waals surface area (Å²) in [5, 5.41) is 7.70. The molecule has 0 saturated heterocycles. The minimum atomic E-state index is -0.199. The van der Waals surface area contributed by atoms with Crippen LogP contribution in [0.15, 0.2) is 24.3 Å². The number of nitrogens with zero attached hydrogens (tertiary/aromatic N) is 3. The highest BCUT2D eigenvalue weighted by Gasteiger charge is 2.26. The summed E-state index contributed by atoms with van der Waals surface area (Å²) in [5.74, 6) is 0.503. The van der Waals surface area contributed by atoms with E-state index in [1.807, 2.05) is 24.3 Å². The standard InChI is InChI=1S/C11H8ClN3O2S/c12-11-14-13-9(18-11)10(16)15-5-6-17-8-4-2-1-3-7(8)15/h1-4H,5-6H2. The molecule has 0 aliphatic carbocycles. The third-order valence-electron chi connectivity index (χ3n) is 2.56. The topological polar surface area (TPSA) is 55.3 Å². The van der Waals surface area contributed by atoms with Crippen molar-refractivity contribution < 1.29 is 9.53 Å². The van der Waals surface area contributed by atoms with Gasteiger partial charge in [-0.1, -0.05) is 23.5 Å². The minimum Gasteiger partial charge on any atom is -0.490 e. The Morgan fingerprint density at radius 1 is 1.39 bits per heavy atom. The second kappa shape index (κ2) is 4.55. The van der Waals surface area contributed by atoms with Gasteiger partial charge in [0.05, 0.1) is 12.2 Å². The Kier molecular flexibility index (Phi) is 2.89. The van der Waals surface area contributed by atoms with Crippen molar-refractivity contribution in [1.82, 2.24) is 10.2 Å². The van der Waals surface area contributed by atoms with E-state index in [2.05, 4.69) is 10.2 Å². The summed E-state index contributed by atoms with van der Waals surface area (Å²) in [4.78, 5) is 13.9. The van der Waals surface area contributed by atoms with Crippen LogP contribution in [0.3, 0.4) is 0 Å². The number of anilines is 1. The first-order valence-corrected chi connectivity index (χ1v) is 6.48. The average Bonchev–Trinajstić information content (AvgIpc) is 2.84. The summed E-state index contributed by atoms with van der Waals surface area (Å²) in [5.41, 5.74) is 0.750. The Bertz CT molecular complexity index is 601. The van der Waals surface area contributed by atoms with Crippen molar-refractivity contribution in [3.63, 3.8) is 0 Å². The number of benzene rings is 1. The van der Waals surface area contributed by atoms with E-state index in [-0.39, 0.29) is 15.4 Å². The highest BCUT2D eigenvalue weighted by molar-refractivity contribution is 7.17. The molecule has 1 aliphatic rings. The van der Waals surface area contributed by atoms with Crippen molar-refractivity contribution >= 4 is 34.5 Å². The first-order chi connectivity index (χ1) is 8.75. The largest absolute Gasteiger partial charge is 0.490 e. The highest BCUT2D eigenvalue weighted by atomic mass is 35.5. The fourth-order valence-electron chi connectivity index (χ4n) is 1.79. The normalized spacial score (nSPS) is 13.9. The number of ether oxygens (including phenoxy) is 1. The molecule has 7 heteroatoms. The average molecular weight is 282 g/mol. The van der Waals surface area contributed by atoms with Crippen LogP contribution < -0.4 is 9.64 Å². The molecular formula is C11H8ClN3O2S. The lowest BCUT2D eigenvalue weighted by atomic mass is 10.2. The summed E-state index contributed by atoms with van der Waals surface area (Å²) in [6.07, 6.45) is 0. The van der Waals surface area contributed by atoms with Crippen LogP contribution in [0.1, 0.15) is 9.80 Å². The van der Waals surface area contributed by atoms with Gasteiger partial charge in [0.25, 0.3) is 5.91 Å². The summed E-state index contributed by atoms with van der Waals surface area (Å²) in [6.45, 7) is 0.961.